The van der Waals surface area contributed by atoms with Crippen LogP contribution >= 0.6 is 0 Å². The molecule has 2 aromatic carbocycles. The first-order chi connectivity index (χ1) is 14.3. The highest BCUT2D eigenvalue weighted by Crippen LogP contribution is 2.28. The van der Waals surface area contributed by atoms with E-state index in [0.29, 0.717) is 11.7 Å². The van der Waals surface area contributed by atoms with E-state index < -0.39 is 0 Å². The molecule has 0 bridgehead atoms. The van der Waals surface area contributed by atoms with Gasteiger partial charge in [0.2, 0.25) is 11.7 Å². The Labute approximate surface area is 171 Å². The van der Waals surface area contributed by atoms with E-state index in [0.717, 1.165) is 60.8 Å². The third-order valence-corrected chi connectivity index (χ3v) is 4.93. The van der Waals surface area contributed by atoms with E-state index >= 15 is 0 Å². The summed E-state index contributed by atoms with van der Waals surface area (Å²) in [6.45, 7) is 5.51. The van der Waals surface area contributed by atoms with Gasteiger partial charge in [-0.3, -0.25) is 4.98 Å². The van der Waals surface area contributed by atoms with Crippen LogP contribution in [0.15, 0.2) is 65.3 Å². The minimum atomic E-state index is 0.620. The average Bonchev–Trinajstić information content (AvgIpc) is 3.23. The smallest absolute Gasteiger partial charge is 0.226 e. The molecule has 0 atom stereocenters. The summed E-state index contributed by atoms with van der Waals surface area (Å²) in [5.74, 6) is 1.30. The molecule has 5 nitrogen and oxygen atoms in total. The van der Waals surface area contributed by atoms with Gasteiger partial charge in [-0.05, 0) is 49.1 Å². The molecule has 0 aliphatic rings. The van der Waals surface area contributed by atoms with E-state index in [4.69, 9.17) is 4.52 Å². The number of hydrogen-bond donors (Lipinski definition) is 1. The fourth-order valence-electron chi connectivity index (χ4n) is 3.47. The Morgan fingerprint density at radius 3 is 2.72 bits per heavy atom. The van der Waals surface area contributed by atoms with Crippen molar-refractivity contribution in [2.45, 2.75) is 32.2 Å². The second kappa shape index (κ2) is 9.43. The normalized spacial score (nSPS) is 11.2. The molecule has 2 aromatic heterocycles. The van der Waals surface area contributed by atoms with Crippen molar-refractivity contribution in [1.29, 1.82) is 0 Å². The molecule has 0 aliphatic carbocycles. The molecule has 0 spiro atoms. The third kappa shape index (κ3) is 4.69. The van der Waals surface area contributed by atoms with Gasteiger partial charge >= 0.3 is 0 Å². The van der Waals surface area contributed by atoms with Crippen LogP contribution in [0.25, 0.3) is 22.3 Å². The summed E-state index contributed by atoms with van der Waals surface area (Å²) in [4.78, 5) is 9.23. The second-order valence-electron chi connectivity index (χ2n) is 7.05. The number of benzene rings is 2. The zero-order chi connectivity index (χ0) is 19.9. The lowest BCUT2D eigenvalue weighted by atomic mass is 10.0. The molecule has 2 heterocycles. The molecule has 0 fully saturated rings. The lowest BCUT2D eigenvalue weighted by Crippen LogP contribution is -2.14. The van der Waals surface area contributed by atoms with Crippen LogP contribution in [0.1, 0.15) is 29.9 Å². The summed E-state index contributed by atoms with van der Waals surface area (Å²) in [5.41, 5.74) is 4.40. The minimum absolute atomic E-state index is 0.620. The van der Waals surface area contributed by atoms with E-state index in [2.05, 4.69) is 69.8 Å². The van der Waals surface area contributed by atoms with Crippen LogP contribution in [0, 0.1) is 6.92 Å². The van der Waals surface area contributed by atoms with Gasteiger partial charge in [0.1, 0.15) is 0 Å². The standard InChI is InChI=1S/C24H25N4O/c1-2-15-25-17-19-13-14-21(20-11-7-16-26-23(19)20)24-27-22(29-28-24)12-6-10-18-8-4-3-5-9-18/h3-5,7-9,11,13-14,16,25H,1-2,6,10,12,15,17H2. The molecule has 0 amide bonds. The van der Waals surface area contributed by atoms with Crippen molar-refractivity contribution in [3.05, 3.63) is 84.7 Å². The van der Waals surface area contributed by atoms with Gasteiger partial charge in [0.05, 0.1) is 5.52 Å². The van der Waals surface area contributed by atoms with Crippen molar-refractivity contribution in [3.63, 3.8) is 0 Å². The van der Waals surface area contributed by atoms with Crippen molar-refractivity contribution in [2.75, 3.05) is 6.54 Å². The lowest BCUT2D eigenvalue weighted by Gasteiger charge is -2.09. The average molecular weight is 385 g/mol. The first kappa shape index (κ1) is 19.3. The molecular weight excluding hydrogens is 360 g/mol. The van der Waals surface area contributed by atoms with Crippen molar-refractivity contribution in [1.82, 2.24) is 20.4 Å². The zero-order valence-electron chi connectivity index (χ0n) is 16.5. The van der Waals surface area contributed by atoms with Crippen LogP contribution in [0.2, 0.25) is 0 Å². The number of nitrogens with zero attached hydrogens (tertiary/aromatic N) is 3. The van der Waals surface area contributed by atoms with E-state index in [1.165, 1.54) is 5.56 Å². The van der Waals surface area contributed by atoms with Crippen LogP contribution in [0.3, 0.4) is 0 Å². The number of pyridine rings is 1. The maximum absolute atomic E-state index is 5.51. The summed E-state index contributed by atoms with van der Waals surface area (Å²) in [7, 11) is 0. The minimum Gasteiger partial charge on any atom is -0.339 e. The molecule has 0 unspecified atom stereocenters. The molecule has 4 rings (SSSR count). The van der Waals surface area contributed by atoms with E-state index in [1.54, 1.807) is 0 Å². The Morgan fingerprint density at radius 2 is 1.86 bits per heavy atom. The topological polar surface area (TPSA) is 63.8 Å². The van der Waals surface area contributed by atoms with Gasteiger partial charge in [-0.15, -0.1) is 0 Å². The maximum atomic E-state index is 5.51. The summed E-state index contributed by atoms with van der Waals surface area (Å²) in [5, 5.41) is 8.66. The molecule has 29 heavy (non-hydrogen) atoms. The molecule has 4 aromatic rings. The molecule has 0 aliphatic heterocycles. The van der Waals surface area contributed by atoms with Crippen LogP contribution in [-0.4, -0.2) is 21.7 Å². The summed E-state index contributed by atoms with van der Waals surface area (Å²) in [6, 6.07) is 18.6. The van der Waals surface area contributed by atoms with Gasteiger partial charge in [-0.25, -0.2) is 0 Å². The van der Waals surface area contributed by atoms with Gasteiger partial charge in [-0.2, -0.15) is 4.98 Å². The van der Waals surface area contributed by atoms with Crippen LogP contribution in [0.5, 0.6) is 0 Å². The predicted molar refractivity (Wildman–Crippen MR) is 115 cm³/mol. The van der Waals surface area contributed by atoms with Crippen LogP contribution in [0.4, 0.5) is 0 Å². The van der Waals surface area contributed by atoms with Crippen molar-refractivity contribution >= 4 is 10.9 Å². The van der Waals surface area contributed by atoms with E-state index in [9.17, 15) is 0 Å². The quantitative estimate of drug-likeness (QED) is 0.420. The monoisotopic (exact) mass is 385 g/mol. The SMILES string of the molecule is [CH2]CCNCc1ccc(-c2noc(CCCc3ccccc3)n2)c2cccnc12. The summed E-state index contributed by atoms with van der Waals surface area (Å²) in [6.07, 6.45) is 5.43. The largest absolute Gasteiger partial charge is 0.339 e. The predicted octanol–water partition coefficient (Wildman–Crippen LogP) is 4.77. The number of fused-ring (bicyclic) bond motifs is 1. The summed E-state index contributed by atoms with van der Waals surface area (Å²) < 4.78 is 5.51. The molecular formula is C24H25N4O. The molecule has 0 saturated carbocycles. The molecule has 5 heteroatoms. The van der Waals surface area contributed by atoms with Crippen molar-refractivity contribution < 1.29 is 4.52 Å². The first-order valence-corrected chi connectivity index (χ1v) is 10.1. The lowest BCUT2D eigenvalue weighted by molar-refractivity contribution is 0.376. The Balaban J connectivity index is 1.50. The fraction of sp³-hybridized carbons (Fsp3) is 0.250. The highest BCUT2D eigenvalue weighted by atomic mass is 16.5. The Morgan fingerprint density at radius 1 is 0.966 bits per heavy atom. The number of aryl methyl sites for hydroxylation is 2. The van der Waals surface area contributed by atoms with E-state index in [1.807, 2.05) is 18.3 Å². The van der Waals surface area contributed by atoms with Gasteiger partial charge < -0.3 is 9.84 Å². The molecule has 147 valence electrons. The van der Waals surface area contributed by atoms with Crippen molar-refractivity contribution in [3.8, 4) is 11.4 Å². The van der Waals surface area contributed by atoms with Gasteiger partial charge in [0, 0.05) is 30.1 Å². The molecule has 1 N–H and O–H groups in total. The van der Waals surface area contributed by atoms with E-state index in [-0.39, 0.29) is 0 Å². The van der Waals surface area contributed by atoms with Gasteiger partial charge in [-0.1, -0.05) is 54.5 Å². The van der Waals surface area contributed by atoms with Crippen LogP contribution in [-0.2, 0) is 19.4 Å². The highest BCUT2D eigenvalue weighted by Gasteiger charge is 2.14. The Bertz CT molecular complexity index is 1060. The fourth-order valence-corrected chi connectivity index (χ4v) is 3.47. The number of aromatic nitrogens is 3. The third-order valence-electron chi connectivity index (χ3n) is 4.93. The van der Waals surface area contributed by atoms with Crippen LogP contribution < -0.4 is 5.32 Å². The number of rotatable bonds is 9. The second-order valence-corrected chi connectivity index (χ2v) is 7.05. The van der Waals surface area contributed by atoms with Crippen molar-refractivity contribution in [2.24, 2.45) is 0 Å². The Kier molecular flexibility index (Phi) is 6.27. The zero-order valence-corrected chi connectivity index (χ0v) is 16.5. The van der Waals surface area contributed by atoms with Gasteiger partial charge in [0.15, 0.2) is 0 Å². The van der Waals surface area contributed by atoms with Gasteiger partial charge in [0.25, 0.3) is 0 Å². The number of nitrogens with one attached hydrogen (secondary N) is 1. The maximum Gasteiger partial charge on any atom is 0.226 e. The molecule has 0 saturated heterocycles. The molecule has 1 radical (unpaired) electrons. The number of hydrogen-bond acceptors (Lipinski definition) is 5. The Hall–Kier alpha value is -3.05. The highest BCUT2D eigenvalue weighted by molar-refractivity contribution is 5.94. The first-order valence-electron chi connectivity index (χ1n) is 10.1. The summed E-state index contributed by atoms with van der Waals surface area (Å²) >= 11 is 0.